The third-order valence-electron chi connectivity index (χ3n) is 2.76. The van der Waals surface area contributed by atoms with E-state index in [0.29, 0.717) is 6.29 Å². The Labute approximate surface area is 128 Å². The Balaban J connectivity index is 3.16. The second-order valence-corrected chi connectivity index (χ2v) is 6.00. The molecule has 0 aliphatic carbocycles. The second kappa shape index (κ2) is 6.17. The maximum Gasteiger partial charge on any atom is 0.408 e. The molecular weight excluding hydrogens is 290 g/mol. The first kappa shape index (κ1) is 17.7. The molecule has 1 heterocycles. The predicted molar refractivity (Wildman–Crippen MR) is 77.3 cm³/mol. The molecule has 0 aliphatic heterocycles. The van der Waals surface area contributed by atoms with Gasteiger partial charge in [-0.25, -0.2) is 9.59 Å². The van der Waals surface area contributed by atoms with Crippen LogP contribution in [0.4, 0.5) is 4.79 Å². The molecular formula is C14H21N3O5. The van der Waals surface area contributed by atoms with E-state index in [1.807, 2.05) is 0 Å². The number of aldehydes is 1. The van der Waals surface area contributed by atoms with Crippen molar-refractivity contribution < 1.29 is 23.9 Å². The number of carbonyl (C=O) groups excluding carboxylic acids is 3. The van der Waals surface area contributed by atoms with Crippen LogP contribution in [0.3, 0.4) is 0 Å². The van der Waals surface area contributed by atoms with Gasteiger partial charge in [0.2, 0.25) is 0 Å². The first-order valence-electron chi connectivity index (χ1n) is 6.62. The molecule has 0 spiro atoms. The molecule has 1 rings (SSSR count). The summed E-state index contributed by atoms with van der Waals surface area (Å²) in [7, 11) is 2.80. The van der Waals surface area contributed by atoms with Crippen LogP contribution in [0.2, 0.25) is 0 Å². The summed E-state index contributed by atoms with van der Waals surface area (Å²) in [6.45, 7) is 6.56. The van der Waals surface area contributed by atoms with Crippen molar-refractivity contribution >= 4 is 18.3 Å². The highest BCUT2D eigenvalue weighted by atomic mass is 16.6. The minimum Gasteiger partial charge on any atom is -0.464 e. The standard InChI is InChI=1S/C14H21N3O5/c1-13(2,3)22-12(20)15-14(4,8-18)9-7-17(5)16-10(9)11(19)21-6/h7-8H,1-6H3,(H,15,20). The molecule has 1 N–H and O–H groups in total. The third kappa shape index (κ3) is 4.06. The molecule has 1 unspecified atom stereocenters. The summed E-state index contributed by atoms with van der Waals surface area (Å²) in [5.41, 5.74) is -2.01. The van der Waals surface area contributed by atoms with E-state index in [1.165, 1.54) is 24.9 Å². The van der Waals surface area contributed by atoms with Gasteiger partial charge in [0.25, 0.3) is 0 Å². The summed E-state index contributed by atoms with van der Waals surface area (Å²) in [6.07, 6.45) is 1.21. The molecule has 1 aromatic rings. The van der Waals surface area contributed by atoms with E-state index >= 15 is 0 Å². The van der Waals surface area contributed by atoms with Gasteiger partial charge in [0, 0.05) is 18.8 Å². The second-order valence-electron chi connectivity index (χ2n) is 6.00. The fourth-order valence-corrected chi connectivity index (χ4v) is 1.79. The van der Waals surface area contributed by atoms with E-state index in [2.05, 4.69) is 15.2 Å². The van der Waals surface area contributed by atoms with Gasteiger partial charge in [-0.2, -0.15) is 5.10 Å². The van der Waals surface area contributed by atoms with Crippen molar-refractivity contribution in [2.24, 2.45) is 7.05 Å². The fraction of sp³-hybridized carbons (Fsp3) is 0.571. The lowest BCUT2D eigenvalue weighted by molar-refractivity contribution is -0.113. The zero-order valence-corrected chi connectivity index (χ0v) is 13.6. The molecule has 0 saturated carbocycles. The lowest BCUT2D eigenvalue weighted by atomic mass is 9.94. The Hall–Kier alpha value is -2.38. The molecule has 0 aromatic carbocycles. The van der Waals surface area contributed by atoms with Crippen LogP contribution in [0.5, 0.6) is 0 Å². The predicted octanol–water partition coefficient (Wildman–Crippen LogP) is 1.15. The zero-order valence-electron chi connectivity index (χ0n) is 13.6. The first-order valence-corrected chi connectivity index (χ1v) is 6.62. The normalized spacial score (nSPS) is 13.9. The van der Waals surface area contributed by atoms with E-state index in [9.17, 15) is 14.4 Å². The van der Waals surface area contributed by atoms with Crippen LogP contribution >= 0.6 is 0 Å². The lowest BCUT2D eigenvalue weighted by Crippen LogP contribution is -2.47. The quantitative estimate of drug-likeness (QED) is 0.661. The van der Waals surface area contributed by atoms with Crippen molar-refractivity contribution in [1.82, 2.24) is 15.1 Å². The Morgan fingerprint density at radius 3 is 2.36 bits per heavy atom. The van der Waals surface area contributed by atoms with Crippen molar-refractivity contribution in [3.8, 4) is 0 Å². The number of aromatic nitrogens is 2. The largest absolute Gasteiger partial charge is 0.464 e. The van der Waals surface area contributed by atoms with E-state index in [4.69, 9.17) is 4.74 Å². The van der Waals surface area contributed by atoms with Gasteiger partial charge in [-0.3, -0.25) is 4.68 Å². The molecule has 0 bridgehead atoms. The van der Waals surface area contributed by atoms with E-state index in [-0.39, 0.29) is 11.3 Å². The molecule has 8 heteroatoms. The number of alkyl carbamates (subject to hydrolysis) is 1. The van der Waals surface area contributed by atoms with Gasteiger partial charge in [0.15, 0.2) is 5.69 Å². The van der Waals surface area contributed by atoms with Crippen molar-refractivity contribution in [3.63, 3.8) is 0 Å². The average Bonchev–Trinajstić information content (AvgIpc) is 2.78. The lowest BCUT2D eigenvalue weighted by Gasteiger charge is -2.27. The molecule has 122 valence electrons. The molecule has 1 aromatic heterocycles. The van der Waals surface area contributed by atoms with Gasteiger partial charge in [0.05, 0.1) is 7.11 Å². The maximum atomic E-state index is 11.9. The highest BCUT2D eigenvalue weighted by molar-refractivity contribution is 5.91. The number of ether oxygens (including phenoxy) is 2. The first-order chi connectivity index (χ1) is 10.0. The van der Waals surface area contributed by atoms with Crippen LogP contribution in [0, 0.1) is 0 Å². The van der Waals surface area contributed by atoms with Crippen molar-refractivity contribution in [3.05, 3.63) is 17.5 Å². The Morgan fingerprint density at radius 1 is 1.32 bits per heavy atom. The minimum absolute atomic E-state index is 0.0457. The number of esters is 1. The van der Waals surface area contributed by atoms with Crippen LogP contribution in [-0.2, 0) is 26.9 Å². The topological polar surface area (TPSA) is 99.5 Å². The fourth-order valence-electron chi connectivity index (χ4n) is 1.79. The number of carbonyl (C=O) groups is 3. The minimum atomic E-state index is -1.47. The van der Waals surface area contributed by atoms with Gasteiger partial charge < -0.3 is 19.6 Å². The Kier molecular flexibility index (Phi) is 4.95. The highest BCUT2D eigenvalue weighted by Gasteiger charge is 2.36. The van der Waals surface area contributed by atoms with Crippen molar-refractivity contribution in [1.29, 1.82) is 0 Å². The van der Waals surface area contributed by atoms with Crippen molar-refractivity contribution in [2.45, 2.75) is 38.8 Å². The monoisotopic (exact) mass is 311 g/mol. The molecule has 0 radical (unpaired) electrons. The number of hydrogen-bond acceptors (Lipinski definition) is 6. The molecule has 8 nitrogen and oxygen atoms in total. The van der Waals surface area contributed by atoms with E-state index < -0.39 is 23.2 Å². The molecule has 1 amide bonds. The summed E-state index contributed by atoms with van der Waals surface area (Å²) in [5, 5.41) is 6.43. The highest BCUT2D eigenvalue weighted by Crippen LogP contribution is 2.23. The summed E-state index contributed by atoms with van der Waals surface area (Å²) in [5.74, 6) is -0.699. The molecule has 22 heavy (non-hydrogen) atoms. The van der Waals surface area contributed by atoms with Gasteiger partial charge >= 0.3 is 12.1 Å². The number of rotatable bonds is 4. The smallest absolute Gasteiger partial charge is 0.408 e. The molecule has 0 aliphatic rings. The van der Waals surface area contributed by atoms with E-state index in [1.54, 1.807) is 27.8 Å². The molecule has 1 atom stereocenters. The van der Waals surface area contributed by atoms with Crippen LogP contribution < -0.4 is 5.32 Å². The summed E-state index contributed by atoms with van der Waals surface area (Å²) in [4.78, 5) is 35.2. The van der Waals surface area contributed by atoms with E-state index in [0.717, 1.165) is 0 Å². The Bertz CT molecular complexity index is 588. The number of nitrogens with one attached hydrogen (secondary N) is 1. The van der Waals surface area contributed by atoms with Gasteiger partial charge in [-0.15, -0.1) is 0 Å². The Morgan fingerprint density at radius 2 is 1.91 bits per heavy atom. The van der Waals surface area contributed by atoms with Crippen LogP contribution in [0.25, 0.3) is 0 Å². The van der Waals surface area contributed by atoms with Crippen LogP contribution in [0.1, 0.15) is 43.7 Å². The van der Waals surface area contributed by atoms with Gasteiger partial charge in [0.1, 0.15) is 17.4 Å². The number of aryl methyl sites for hydroxylation is 1. The number of hydrogen-bond donors (Lipinski definition) is 1. The zero-order chi connectivity index (χ0) is 17.1. The number of amides is 1. The SMILES string of the molecule is COC(=O)c1nn(C)cc1C(C)(C=O)NC(=O)OC(C)(C)C. The summed E-state index contributed by atoms with van der Waals surface area (Å²) in [6, 6.07) is 0. The van der Waals surface area contributed by atoms with Crippen LogP contribution in [-0.4, -0.2) is 40.8 Å². The summed E-state index contributed by atoms with van der Waals surface area (Å²) >= 11 is 0. The average molecular weight is 311 g/mol. The maximum absolute atomic E-state index is 11.9. The number of methoxy groups -OCH3 is 1. The van der Waals surface area contributed by atoms with Crippen LogP contribution in [0.15, 0.2) is 6.20 Å². The molecule has 0 fully saturated rings. The molecule has 0 saturated heterocycles. The summed E-state index contributed by atoms with van der Waals surface area (Å²) < 4.78 is 11.1. The van der Waals surface area contributed by atoms with Gasteiger partial charge in [-0.1, -0.05) is 0 Å². The van der Waals surface area contributed by atoms with Crippen molar-refractivity contribution in [2.75, 3.05) is 7.11 Å². The number of nitrogens with zero attached hydrogens (tertiary/aromatic N) is 2. The third-order valence-corrected chi connectivity index (χ3v) is 2.76. The van der Waals surface area contributed by atoms with Gasteiger partial charge in [-0.05, 0) is 27.7 Å².